The van der Waals surface area contributed by atoms with Crippen molar-refractivity contribution >= 4 is 5.97 Å². The minimum atomic E-state index is -4.74. The second-order valence-corrected chi connectivity index (χ2v) is 4.09. The fourth-order valence-electron chi connectivity index (χ4n) is 1.38. The van der Waals surface area contributed by atoms with E-state index in [-0.39, 0.29) is 5.56 Å². The van der Waals surface area contributed by atoms with Crippen LogP contribution < -0.4 is 0 Å². The average Bonchev–Trinajstić information content (AvgIpc) is 2.23. The number of carbonyl (C=O) groups is 1. The maximum Gasteiger partial charge on any atom is 0.416 e. The zero-order chi connectivity index (χ0) is 14.8. The highest BCUT2D eigenvalue weighted by molar-refractivity contribution is 5.65. The maximum absolute atomic E-state index is 13.1. The van der Waals surface area contributed by atoms with Crippen molar-refractivity contribution in [2.75, 3.05) is 0 Å². The van der Waals surface area contributed by atoms with Gasteiger partial charge in [-0.1, -0.05) is 0 Å². The smallest absolute Gasteiger partial charge is 0.416 e. The molecule has 0 aliphatic heterocycles. The van der Waals surface area contributed by atoms with Crippen LogP contribution in [0.5, 0.6) is 0 Å². The highest BCUT2D eigenvalue weighted by atomic mass is 19.4. The van der Waals surface area contributed by atoms with Crippen LogP contribution in [0.1, 0.15) is 30.5 Å². The first-order chi connectivity index (χ1) is 8.50. The van der Waals surface area contributed by atoms with Crippen LogP contribution in [0.3, 0.4) is 0 Å². The monoisotopic (exact) mass is 282 g/mol. The minimum Gasteiger partial charge on any atom is -0.461 e. The maximum atomic E-state index is 13.1. The van der Waals surface area contributed by atoms with E-state index in [1.54, 1.807) is 0 Å². The standard InChI is InChI=1S/C12H11F5O2/c1-7(18)19-6-8-3-9(11(2,13)14)5-10(4-8)12(15,16)17/h3-5H,6H2,1-2H3. The lowest BCUT2D eigenvalue weighted by Gasteiger charge is -2.16. The number of hydrogen-bond acceptors (Lipinski definition) is 2. The van der Waals surface area contributed by atoms with Crippen LogP contribution in [0.15, 0.2) is 18.2 Å². The third-order valence-corrected chi connectivity index (χ3v) is 2.27. The molecule has 2 nitrogen and oxygen atoms in total. The Hall–Kier alpha value is -1.66. The van der Waals surface area contributed by atoms with Gasteiger partial charge in [0, 0.05) is 19.4 Å². The largest absolute Gasteiger partial charge is 0.461 e. The normalized spacial score (nSPS) is 12.4. The Kier molecular flexibility index (Phi) is 4.17. The molecule has 0 unspecified atom stereocenters. The average molecular weight is 282 g/mol. The van der Waals surface area contributed by atoms with E-state index in [2.05, 4.69) is 4.74 Å². The van der Waals surface area contributed by atoms with Gasteiger partial charge in [-0.25, -0.2) is 8.78 Å². The van der Waals surface area contributed by atoms with Gasteiger partial charge in [0.15, 0.2) is 0 Å². The lowest BCUT2D eigenvalue weighted by molar-refractivity contribution is -0.142. The molecular weight excluding hydrogens is 271 g/mol. The zero-order valence-corrected chi connectivity index (χ0v) is 10.1. The fourth-order valence-corrected chi connectivity index (χ4v) is 1.38. The molecule has 19 heavy (non-hydrogen) atoms. The molecule has 7 heteroatoms. The number of hydrogen-bond donors (Lipinski definition) is 0. The minimum absolute atomic E-state index is 0.137. The van der Waals surface area contributed by atoms with Gasteiger partial charge in [-0.05, 0) is 23.8 Å². The lowest BCUT2D eigenvalue weighted by Crippen LogP contribution is -2.13. The van der Waals surface area contributed by atoms with Crippen LogP contribution >= 0.6 is 0 Å². The molecule has 0 aliphatic carbocycles. The lowest BCUT2D eigenvalue weighted by atomic mass is 10.0. The molecule has 0 saturated carbocycles. The summed E-state index contributed by atoms with van der Waals surface area (Å²) in [6.45, 7) is 1.09. The Morgan fingerprint density at radius 3 is 2.05 bits per heavy atom. The third-order valence-electron chi connectivity index (χ3n) is 2.27. The second-order valence-electron chi connectivity index (χ2n) is 4.09. The van der Waals surface area contributed by atoms with Crippen molar-refractivity contribution in [3.05, 3.63) is 34.9 Å². The molecule has 0 aliphatic rings. The number of esters is 1. The van der Waals surface area contributed by atoms with Crippen molar-refractivity contribution in [1.82, 2.24) is 0 Å². The van der Waals surface area contributed by atoms with E-state index in [1.165, 1.54) is 0 Å². The van der Waals surface area contributed by atoms with Crippen LogP contribution in [0.4, 0.5) is 22.0 Å². The van der Waals surface area contributed by atoms with Crippen molar-refractivity contribution in [2.24, 2.45) is 0 Å². The van der Waals surface area contributed by atoms with Gasteiger partial charge >= 0.3 is 12.1 Å². The Morgan fingerprint density at radius 1 is 1.11 bits per heavy atom. The molecule has 106 valence electrons. The number of benzene rings is 1. The van der Waals surface area contributed by atoms with Gasteiger partial charge < -0.3 is 4.74 Å². The van der Waals surface area contributed by atoms with E-state index in [0.717, 1.165) is 13.0 Å². The molecule has 1 aromatic rings. The highest BCUT2D eigenvalue weighted by Crippen LogP contribution is 2.35. The summed E-state index contributed by atoms with van der Waals surface area (Å²) in [4.78, 5) is 10.6. The summed E-state index contributed by atoms with van der Waals surface area (Å²) < 4.78 is 68.5. The first kappa shape index (κ1) is 15.4. The van der Waals surface area contributed by atoms with Gasteiger partial charge in [0.2, 0.25) is 0 Å². The number of rotatable bonds is 3. The molecule has 0 radical (unpaired) electrons. The SMILES string of the molecule is CC(=O)OCc1cc(C(C)(F)F)cc(C(F)(F)F)c1. The third kappa shape index (κ3) is 4.50. The number of carbonyl (C=O) groups excluding carboxylic acids is 1. The van der Waals surface area contributed by atoms with E-state index < -0.39 is 35.8 Å². The van der Waals surface area contributed by atoms with Gasteiger partial charge in [0.25, 0.3) is 5.92 Å². The van der Waals surface area contributed by atoms with Crippen molar-refractivity contribution < 1.29 is 31.5 Å². The van der Waals surface area contributed by atoms with Crippen molar-refractivity contribution in [3.63, 3.8) is 0 Å². The number of ether oxygens (including phenoxy) is 1. The molecule has 0 heterocycles. The molecule has 1 rings (SSSR count). The van der Waals surface area contributed by atoms with Crippen LogP contribution in [0.25, 0.3) is 0 Å². The summed E-state index contributed by atoms with van der Waals surface area (Å²) in [6.07, 6.45) is -4.74. The van der Waals surface area contributed by atoms with Crippen molar-refractivity contribution in [2.45, 2.75) is 32.6 Å². The van der Waals surface area contributed by atoms with E-state index in [9.17, 15) is 26.7 Å². The van der Waals surface area contributed by atoms with Gasteiger partial charge in [0.05, 0.1) is 5.56 Å². The molecule has 0 bridgehead atoms. The molecule has 0 N–H and O–H groups in total. The van der Waals surface area contributed by atoms with E-state index in [1.807, 2.05) is 0 Å². The Labute approximate surface area is 106 Å². The summed E-state index contributed by atoms with van der Waals surface area (Å²) in [6, 6.07) is 1.95. The van der Waals surface area contributed by atoms with E-state index in [4.69, 9.17) is 0 Å². The summed E-state index contributed by atoms with van der Waals surface area (Å²) in [5, 5.41) is 0. The molecule has 0 aromatic heterocycles. The zero-order valence-electron chi connectivity index (χ0n) is 10.1. The van der Waals surface area contributed by atoms with Crippen molar-refractivity contribution in [1.29, 1.82) is 0 Å². The number of alkyl halides is 5. The summed E-state index contributed by atoms with van der Waals surface area (Å²) >= 11 is 0. The first-order valence-electron chi connectivity index (χ1n) is 5.23. The Morgan fingerprint density at radius 2 is 1.63 bits per heavy atom. The van der Waals surface area contributed by atoms with E-state index in [0.29, 0.717) is 19.1 Å². The highest BCUT2D eigenvalue weighted by Gasteiger charge is 2.34. The Bertz CT molecular complexity index is 442. The topological polar surface area (TPSA) is 26.3 Å². The van der Waals surface area contributed by atoms with E-state index >= 15 is 0 Å². The molecule has 0 atom stereocenters. The van der Waals surface area contributed by atoms with Crippen LogP contribution in [0, 0.1) is 0 Å². The Balaban J connectivity index is 3.21. The summed E-state index contributed by atoms with van der Waals surface area (Å²) in [5.41, 5.74) is -2.11. The number of halogens is 5. The first-order valence-corrected chi connectivity index (χ1v) is 5.23. The molecule has 0 saturated heterocycles. The van der Waals surface area contributed by atoms with Gasteiger partial charge in [-0.15, -0.1) is 0 Å². The van der Waals surface area contributed by atoms with Crippen molar-refractivity contribution in [3.8, 4) is 0 Å². The van der Waals surface area contributed by atoms with Gasteiger partial charge in [0.1, 0.15) is 6.61 Å². The summed E-state index contributed by atoms with van der Waals surface area (Å²) in [5.74, 6) is -4.12. The van der Waals surface area contributed by atoms with Crippen LogP contribution in [0.2, 0.25) is 0 Å². The predicted octanol–water partition coefficient (Wildman–Crippen LogP) is 3.88. The molecule has 0 spiro atoms. The van der Waals surface area contributed by atoms with Gasteiger partial charge in [-0.3, -0.25) is 4.79 Å². The quantitative estimate of drug-likeness (QED) is 0.621. The predicted molar refractivity (Wildman–Crippen MR) is 56.5 cm³/mol. The molecule has 0 fully saturated rings. The van der Waals surface area contributed by atoms with Gasteiger partial charge in [-0.2, -0.15) is 13.2 Å². The summed E-state index contributed by atoms with van der Waals surface area (Å²) in [7, 11) is 0. The van der Waals surface area contributed by atoms with Crippen LogP contribution in [-0.4, -0.2) is 5.97 Å². The molecule has 1 aromatic carbocycles. The van der Waals surface area contributed by atoms with Crippen LogP contribution in [-0.2, 0) is 28.2 Å². The molecule has 0 amide bonds. The molecular formula is C12H11F5O2. The fraction of sp³-hybridized carbons (Fsp3) is 0.417. The second kappa shape index (κ2) is 5.14.